The minimum absolute atomic E-state index is 0.0676. The van der Waals surface area contributed by atoms with Crippen LogP contribution in [0.15, 0.2) is 42.5 Å². The Labute approximate surface area is 218 Å². The minimum atomic E-state index is -1.20. The van der Waals surface area contributed by atoms with Gasteiger partial charge >= 0.3 is 5.97 Å². The van der Waals surface area contributed by atoms with E-state index in [1.165, 1.54) is 37.3 Å². The first-order valence-electron chi connectivity index (χ1n) is 12.8. The van der Waals surface area contributed by atoms with E-state index in [9.17, 15) is 22.4 Å². The van der Waals surface area contributed by atoms with Gasteiger partial charge in [-0.1, -0.05) is 31.5 Å². The van der Waals surface area contributed by atoms with Gasteiger partial charge in [-0.2, -0.15) is 8.78 Å². The zero-order valence-corrected chi connectivity index (χ0v) is 21.3. The molecular weight excluding hydrogens is 503 g/mol. The highest BCUT2D eigenvalue weighted by Gasteiger charge is 2.30. The maximum Gasteiger partial charge on any atom is 0.314 e. The third kappa shape index (κ3) is 5.84. The molecule has 1 aliphatic rings. The molecule has 0 radical (unpaired) electrons. The van der Waals surface area contributed by atoms with Crippen molar-refractivity contribution in [2.75, 3.05) is 6.61 Å². The van der Waals surface area contributed by atoms with E-state index in [0.717, 1.165) is 6.42 Å². The molecule has 1 fully saturated rings. The Kier molecular flexibility index (Phi) is 8.69. The first-order chi connectivity index (χ1) is 18.2. The number of hydrogen-bond acceptors (Lipinski definition) is 3. The van der Waals surface area contributed by atoms with E-state index >= 15 is 4.39 Å². The van der Waals surface area contributed by atoms with Gasteiger partial charge in [0.25, 0.3) is 0 Å². The number of carbonyl (C=O) groups excluding carboxylic acids is 1. The Morgan fingerprint density at radius 3 is 2.21 bits per heavy atom. The molecule has 1 saturated carbocycles. The molecule has 0 N–H and O–H groups in total. The monoisotopic (exact) mass is 532 g/mol. The molecule has 0 bridgehead atoms. The van der Waals surface area contributed by atoms with Gasteiger partial charge in [0.2, 0.25) is 11.6 Å². The molecule has 4 rings (SSSR count). The molecule has 0 atom stereocenters. The molecule has 0 saturated heterocycles. The van der Waals surface area contributed by atoms with Crippen molar-refractivity contribution in [2.45, 2.75) is 58.3 Å². The lowest BCUT2D eigenvalue weighted by Gasteiger charge is -2.28. The molecule has 0 unspecified atom stereocenters. The predicted molar refractivity (Wildman–Crippen MR) is 134 cm³/mol. The summed E-state index contributed by atoms with van der Waals surface area (Å²) >= 11 is 0. The molecule has 202 valence electrons. The second-order valence-corrected chi connectivity index (χ2v) is 9.66. The maximum absolute atomic E-state index is 15.1. The lowest BCUT2D eigenvalue weighted by molar-refractivity contribution is -0.140. The van der Waals surface area contributed by atoms with Crippen molar-refractivity contribution in [2.24, 2.45) is 5.92 Å². The van der Waals surface area contributed by atoms with E-state index in [-0.39, 0.29) is 35.0 Å². The number of unbranched alkanes of at least 4 members (excludes halogenated alkanes) is 1. The zero-order valence-electron chi connectivity index (χ0n) is 21.3. The highest BCUT2D eigenvalue weighted by atomic mass is 19.2. The third-order valence-corrected chi connectivity index (χ3v) is 7.06. The topological polar surface area (TPSA) is 35.5 Å². The van der Waals surface area contributed by atoms with Crippen LogP contribution < -0.4 is 9.47 Å². The number of rotatable bonds is 8. The molecule has 1 aliphatic carbocycles. The van der Waals surface area contributed by atoms with Crippen molar-refractivity contribution >= 4 is 5.97 Å². The first-order valence-corrected chi connectivity index (χ1v) is 12.8. The van der Waals surface area contributed by atoms with Crippen LogP contribution in [0.5, 0.6) is 11.5 Å². The summed E-state index contributed by atoms with van der Waals surface area (Å²) in [7, 11) is 0. The Morgan fingerprint density at radius 2 is 1.53 bits per heavy atom. The average Bonchev–Trinajstić information content (AvgIpc) is 2.91. The van der Waals surface area contributed by atoms with Crippen LogP contribution >= 0.6 is 0 Å². The third-order valence-electron chi connectivity index (χ3n) is 7.06. The standard InChI is InChI=1S/C30H29F5O3/c1-3-4-15-37-24-14-12-22(27(33)28(24)34)20-10-11-21(23(31)16-20)18-6-8-19(9-7-18)30(36)38-25-13-5-17(2)26(32)29(25)35/h5,10-14,16,18-19H,3-4,6-9,15H2,1-2H3. The highest BCUT2D eigenvalue weighted by Crippen LogP contribution is 2.39. The second kappa shape index (κ2) is 12.0. The van der Waals surface area contributed by atoms with Crippen molar-refractivity contribution in [1.82, 2.24) is 0 Å². The fourth-order valence-electron chi connectivity index (χ4n) is 4.76. The van der Waals surface area contributed by atoms with Crippen molar-refractivity contribution in [3.63, 3.8) is 0 Å². The minimum Gasteiger partial charge on any atom is -0.490 e. The largest absolute Gasteiger partial charge is 0.490 e. The van der Waals surface area contributed by atoms with E-state index in [1.54, 1.807) is 12.1 Å². The number of halogens is 5. The second-order valence-electron chi connectivity index (χ2n) is 9.66. The van der Waals surface area contributed by atoms with Crippen LogP contribution in [0.4, 0.5) is 22.0 Å². The predicted octanol–water partition coefficient (Wildman–Crippen LogP) is 8.42. The summed E-state index contributed by atoms with van der Waals surface area (Å²) in [6.45, 7) is 3.64. The fourth-order valence-corrected chi connectivity index (χ4v) is 4.76. The Hall–Kier alpha value is -3.42. The maximum atomic E-state index is 15.1. The number of hydrogen-bond donors (Lipinski definition) is 0. The number of carbonyl (C=O) groups is 1. The van der Waals surface area contributed by atoms with E-state index in [2.05, 4.69) is 0 Å². The zero-order chi connectivity index (χ0) is 27.4. The van der Waals surface area contributed by atoms with Gasteiger partial charge in [-0.3, -0.25) is 4.79 Å². The Morgan fingerprint density at radius 1 is 0.842 bits per heavy atom. The molecule has 3 nitrogen and oxygen atoms in total. The van der Waals surface area contributed by atoms with Gasteiger partial charge in [0, 0.05) is 5.56 Å². The average molecular weight is 533 g/mol. The summed E-state index contributed by atoms with van der Waals surface area (Å²) in [4.78, 5) is 12.5. The summed E-state index contributed by atoms with van der Waals surface area (Å²) in [5.41, 5.74) is 0.666. The van der Waals surface area contributed by atoms with Gasteiger partial charge in [-0.05, 0) is 85.9 Å². The van der Waals surface area contributed by atoms with E-state index < -0.39 is 46.7 Å². The van der Waals surface area contributed by atoms with Crippen molar-refractivity contribution < 1.29 is 36.2 Å². The van der Waals surface area contributed by atoms with Crippen molar-refractivity contribution in [3.05, 3.63) is 82.7 Å². The van der Waals surface area contributed by atoms with Gasteiger partial charge in [0.15, 0.2) is 23.1 Å². The molecule has 0 aromatic heterocycles. The van der Waals surface area contributed by atoms with E-state index in [1.807, 2.05) is 6.92 Å². The van der Waals surface area contributed by atoms with Crippen LogP contribution in [0.3, 0.4) is 0 Å². The summed E-state index contributed by atoms with van der Waals surface area (Å²) in [5.74, 6) is -7.01. The molecule has 3 aromatic rings. The molecule has 0 aliphatic heterocycles. The van der Waals surface area contributed by atoms with E-state index in [4.69, 9.17) is 9.47 Å². The van der Waals surface area contributed by atoms with Crippen LogP contribution in [0.2, 0.25) is 0 Å². The molecule has 38 heavy (non-hydrogen) atoms. The number of aryl methyl sites for hydroxylation is 1. The highest BCUT2D eigenvalue weighted by molar-refractivity contribution is 5.75. The van der Waals surface area contributed by atoms with Crippen molar-refractivity contribution in [1.29, 1.82) is 0 Å². The van der Waals surface area contributed by atoms with Gasteiger partial charge in [0.1, 0.15) is 5.82 Å². The molecule has 0 amide bonds. The Bertz CT molecular complexity index is 1320. The number of esters is 1. The number of benzene rings is 3. The normalized spacial score (nSPS) is 17.3. The SMILES string of the molecule is CCCCOc1ccc(-c2ccc(C3CCC(C(=O)Oc4ccc(C)c(F)c4F)CC3)c(F)c2)c(F)c1F. The summed E-state index contributed by atoms with van der Waals surface area (Å²) < 4.78 is 82.5. The summed E-state index contributed by atoms with van der Waals surface area (Å²) in [6, 6.07) is 9.54. The summed E-state index contributed by atoms with van der Waals surface area (Å²) in [5, 5.41) is 0. The molecule has 0 heterocycles. The quantitative estimate of drug-likeness (QED) is 0.126. The molecule has 3 aromatic carbocycles. The summed E-state index contributed by atoms with van der Waals surface area (Å²) in [6.07, 6.45) is 3.30. The lowest BCUT2D eigenvalue weighted by atomic mass is 9.78. The van der Waals surface area contributed by atoms with Gasteiger partial charge < -0.3 is 9.47 Å². The van der Waals surface area contributed by atoms with Crippen molar-refractivity contribution in [3.8, 4) is 22.6 Å². The molecule has 0 spiro atoms. The van der Waals surface area contributed by atoms with Crippen LogP contribution in [0.25, 0.3) is 11.1 Å². The molecular formula is C30H29F5O3. The lowest BCUT2D eigenvalue weighted by Crippen LogP contribution is -2.25. The Balaban J connectivity index is 1.41. The molecule has 8 heteroatoms. The van der Waals surface area contributed by atoms with Gasteiger partial charge in [-0.25, -0.2) is 13.2 Å². The van der Waals surface area contributed by atoms with E-state index in [0.29, 0.717) is 37.7 Å². The first kappa shape index (κ1) is 27.6. The van der Waals surface area contributed by atoms with Crippen LogP contribution in [0, 0.1) is 41.9 Å². The number of ether oxygens (including phenoxy) is 2. The van der Waals surface area contributed by atoms with Gasteiger partial charge in [0.05, 0.1) is 12.5 Å². The fraction of sp³-hybridized carbons (Fsp3) is 0.367. The smallest absolute Gasteiger partial charge is 0.314 e. The van der Waals surface area contributed by atoms with Crippen LogP contribution in [0.1, 0.15) is 62.5 Å². The van der Waals surface area contributed by atoms with Crippen LogP contribution in [-0.2, 0) is 4.79 Å². The van der Waals surface area contributed by atoms with Crippen LogP contribution in [-0.4, -0.2) is 12.6 Å². The van der Waals surface area contributed by atoms with Gasteiger partial charge in [-0.15, -0.1) is 0 Å².